The third-order valence-corrected chi connectivity index (χ3v) is 6.57. The Bertz CT molecular complexity index is 669. The van der Waals surface area contributed by atoms with Gasteiger partial charge in [-0.05, 0) is 43.4 Å². The van der Waals surface area contributed by atoms with E-state index in [0.29, 0.717) is 25.1 Å². The number of nitrogens with two attached hydrogens (primary N) is 1. The highest BCUT2D eigenvalue weighted by atomic mass is 32.2. The van der Waals surface area contributed by atoms with E-state index in [1.807, 2.05) is 18.2 Å². The molecule has 1 saturated heterocycles. The number of hydrogen-bond donors (Lipinski definition) is 1. The molecule has 0 bridgehead atoms. The second-order valence-corrected chi connectivity index (χ2v) is 8.09. The van der Waals surface area contributed by atoms with Crippen LogP contribution in [-0.4, -0.2) is 31.9 Å². The summed E-state index contributed by atoms with van der Waals surface area (Å²) in [5, 5.41) is -0.876. The molecule has 6 heteroatoms. The monoisotopic (exact) mass is 308 g/mol. The van der Waals surface area contributed by atoms with Crippen LogP contribution in [0.2, 0.25) is 0 Å². The largest absolute Gasteiger partial charge is 0.398 e. The Balaban J connectivity index is 1.95. The summed E-state index contributed by atoms with van der Waals surface area (Å²) in [5.74, 6) is -0.151. The average molecular weight is 308 g/mol. The molecular formula is C15H20N2O3S. The number of amides is 1. The van der Waals surface area contributed by atoms with Gasteiger partial charge in [-0.15, -0.1) is 0 Å². The Morgan fingerprint density at radius 2 is 2.05 bits per heavy atom. The second-order valence-electron chi connectivity index (χ2n) is 5.79. The fourth-order valence-corrected chi connectivity index (χ4v) is 5.14. The summed E-state index contributed by atoms with van der Waals surface area (Å²) >= 11 is 0. The first-order valence-corrected chi connectivity index (χ1v) is 9.12. The summed E-state index contributed by atoms with van der Waals surface area (Å²) < 4.78 is 24.3. The first kappa shape index (κ1) is 14.4. The zero-order valence-electron chi connectivity index (χ0n) is 11.9. The molecule has 0 spiro atoms. The molecule has 5 nitrogen and oxygen atoms in total. The van der Waals surface area contributed by atoms with Crippen LogP contribution in [0.5, 0.6) is 0 Å². The normalized spacial score (nSPS) is 24.4. The molecule has 0 aromatic heterocycles. The molecule has 0 saturated carbocycles. The molecular weight excluding hydrogens is 288 g/mol. The van der Waals surface area contributed by atoms with Crippen LogP contribution < -0.4 is 10.6 Å². The Morgan fingerprint density at radius 3 is 2.81 bits per heavy atom. The van der Waals surface area contributed by atoms with E-state index in [2.05, 4.69) is 0 Å². The van der Waals surface area contributed by atoms with E-state index in [1.54, 1.807) is 4.90 Å². The number of rotatable bonds is 1. The lowest BCUT2D eigenvalue weighted by Gasteiger charge is -2.33. The van der Waals surface area contributed by atoms with Crippen molar-refractivity contribution in [1.82, 2.24) is 0 Å². The highest BCUT2D eigenvalue weighted by Gasteiger charge is 2.39. The molecule has 1 fully saturated rings. The van der Waals surface area contributed by atoms with Crippen LogP contribution in [-0.2, 0) is 21.1 Å². The standard InChI is InChI=1S/C15H20N2O3S/c16-12-6-3-7-13-11(12)5-4-9-17(13)15(18)14-8-1-2-10-21(14,19)20/h3,6-7,14H,1-2,4-5,8-10,16H2. The summed E-state index contributed by atoms with van der Waals surface area (Å²) in [5.41, 5.74) is 8.40. The number of anilines is 2. The first-order chi connectivity index (χ1) is 10.0. The van der Waals surface area contributed by atoms with Crippen molar-refractivity contribution < 1.29 is 13.2 Å². The highest BCUT2D eigenvalue weighted by Crippen LogP contribution is 2.33. The molecule has 2 aliphatic heterocycles. The van der Waals surface area contributed by atoms with Crippen LogP contribution >= 0.6 is 0 Å². The predicted octanol–water partition coefficient (Wildman–Crippen LogP) is 1.52. The van der Waals surface area contributed by atoms with Crippen LogP contribution in [0.3, 0.4) is 0 Å². The zero-order chi connectivity index (χ0) is 15.0. The van der Waals surface area contributed by atoms with Gasteiger partial charge in [0.1, 0.15) is 5.25 Å². The first-order valence-electron chi connectivity index (χ1n) is 7.41. The number of benzene rings is 1. The van der Waals surface area contributed by atoms with Gasteiger partial charge in [0.25, 0.3) is 0 Å². The molecule has 3 rings (SSSR count). The van der Waals surface area contributed by atoms with Gasteiger partial charge in [-0.25, -0.2) is 8.42 Å². The number of fused-ring (bicyclic) bond motifs is 1. The van der Waals surface area contributed by atoms with Gasteiger partial charge in [0.05, 0.1) is 5.75 Å². The van der Waals surface area contributed by atoms with Crippen molar-refractivity contribution in [3.8, 4) is 0 Å². The Kier molecular flexibility index (Phi) is 3.65. The lowest BCUT2D eigenvalue weighted by molar-refractivity contribution is -0.118. The summed E-state index contributed by atoms with van der Waals surface area (Å²) in [4.78, 5) is 14.4. The van der Waals surface area contributed by atoms with Crippen LogP contribution in [0.25, 0.3) is 0 Å². The molecule has 2 N–H and O–H groups in total. The van der Waals surface area contributed by atoms with E-state index < -0.39 is 15.1 Å². The van der Waals surface area contributed by atoms with Gasteiger partial charge >= 0.3 is 0 Å². The fourth-order valence-electron chi connectivity index (χ4n) is 3.29. The van der Waals surface area contributed by atoms with Crippen LogP contribution in [0.1, 0.15) is 31.2 Å². The molecule has 1 atom stereocenters. The summed E-state index contributed by atoms with van der Waals surface area (Å²) in [6.07, 6.45) is 3.56. The van der Waals surface area contributed by atoms with Crippen molar-refractivity contribution in [2.24, 2.45) is 0 Å². The molecule has 0 aliphatic carbocycles. The van der Waals surface area contributed by atoms with E-state index in [0.717, 1.165) is 30.5 Å². The maximum atomic E-state index is 12.7. The van der Waals surface area contributed by atoms with Crippen molar-refractivity contribution in [2.45, 2.75) is 37.4 Å². The number of carbonyl (C=O) groups is 1. The number of sulfone groups is 1. The summed E-state index contributed by atoms with van der Waals surface area (Å²) in [7, 11) is -3.31. The number of carbonyl (C=O) groups excluding carboxylic acids is 1. The Morgan fingerprint density at radius 1 is 1.24 bits per heavy atom. The quantitative estimate of drug-likeness (QED) is 0.798. The van der Waals surface area contributed by atoms with Gasteiger partial charge in [0.15, 0.2) is 9.84 Å². The maximum absolute atomic E-state index is 12.7. The van der Waals surface area contributed by atoms with Gasteiger partial charge in [-0.2, -0.15) is 0 Å². The zero-order valence-corrected chi connectivity index (χ0v) is 12.7. The number of nitrogens with zero attached hydrogens (tertiary/aromatic N) is 1. The van der Waals surface area contributed by atoms with Crippen molar-refractivity contribution in [2.75, 3.05) is 22.9 Å². The average Bonchev–Trinajstić information content (AvgIpc) is 2.46. The van der Waals surface area contributed by atoms with Gasteiger partial charge in [0, 0.05) is 17.9 Å². The molecule has 21 heavy (non-hydrogen) atoms. The van der Waals surface area contributed by atoms with Gasteiger partial charge in [-0.1, -0.05) is 12.5 Å². The topological polar surface area (TPSA) is 80.5 Å². The van der Waals surface area contributed by atoms with E-state index in [-0.39, 0.29) is 11.7 Å². The van der Waals surface area contributed by atoms with Crippen molar-refractivity contribution in [3.05, 3.63) is 23.8 Å². The van der Waals surface area contributed by atoms with Crippen molar-refractivity contribution in [3.63, 3.8) is 0 Å². The van der Waals surface area contributed by atoms with Crippen LogP contribution in [0.15, 0.2) is 18.2 Å². The van der Waals surface area contributed by atoms with Crippen molar-refractivity contribution >= 4 is 27.1 Å². The smallest absolute Gasteiger partial charge is 0.245 e. The highest BCUT2D eigenvalue weighted by molar-refractivity contribution is 7.92. The maximum Gasteiger partial charge on any atom is 0.245 e. The molecule has 1 aromatic rings. The Hall–Kier alpha value is -1.56. The molecule has 2 aliphatic rings. The van der Waals surface area contributed by atoms with E-state index >= 15 is 0 Å². The lowest BCUT2D eigenvalue weighted by Crippen LogP contribution is -2.47. The van der Waals surface area contributed by atoms with E-state index in [1.165, 1.54) is 0 Å². The molecule has 1 unspecified atom stereocenters. The lowest BCUT2D eigenvalue weighted by atomic mass is 9.99. The van der Waals surface area contributed by atoms with Gasteiger partial charge < -0.3 is 10.6 Å². The van der Waals surface area contributed by atoms with Crippen LogP contribution in [0.4, 0.5) is 11.4 Å². The Labute approximate surface area is 125 Å². The minimum atomic E-state index is -3.31. The predicted molar refractivity (Wildman–Crippen MR) is 83.0 cm³/mol. The minimum absolute atomic E-state index is 0.126. The van der Waals surface area contributed by atoms with E-state index in [4.69, 9.17) is 5.73 Å². The molecule has 1 amide bonds. The molecule has 0 radical (unpaired) electrons. The molecule has 1 aromatic carbocycles. The molecule has 114 valence electrons. The van der Waals surface area contributed by atoms with Crippen LogP contribution in [0, 0.1) is 0 Å². The van der Waals surface area contributed by atoms with Crippen molar-refractivity contribution in [1.29, 1.82) is 0 Å². The number of nitrogen functional groups attached to an aromatic ring is 1. The van der Waals surface area contributed by atoms with Gasteiger partial charge in [0.2, 0.25) is 5.91 Å². The SMILES string of the molecule is Nc1cccc2c1CCCN2C(=O)C1CCCCS1(=O)=O. The minimum Gasteiger partial charge on any atom is -0.398 e. The van der Waals surface area contributed by atoms with Gasteiger partial charge in [-0.3, -0.25) is 4.79 Å². The fraction of sp³-hybridized carbons (Fsp3) is 0.533. The van der Waals surface area contributed by atoms with E-state index in [9.17, 15) is 13.2 Å². The second kappa shape index (κ2) is 5.33. The third kappa shape index (κ3) is 2.52. The number of hydrogen-bond acceptors (Lipinski definition) is 4. The summed E-state index contributed by atoms with van der Waals surface area (Å²) in [6.45, 7) is 0.571. The third-order valence-electron chi connectivity index (χ3n) is 4.41. The molecule has 2 heterocycles. The summed E-state index contributed by atoms with van der Waals surface area (Å²) in [6, 6.07) is 5.50.